The Hall–Kier alpha value is -4.59. The maximum Gasteiger partial charge on any atom is 0.263 e. The van der Waals surface area contributed by atoms with Gasteiger partial charge >= 0.3 is 0 Å². The fourth-order valence-electron chi connectivity index (χ4n) is 4.27. The van der Waals surface area contributed by atoms with E-state index >= 15 is 0 Å². The summed E-state index contributed by atoms with van der Waals surface area (Å²) in [6, 6.07) is 17.5. The molecule has 6 nitrogen and oxygen atoms in total. The van der Waals surface area contributed by atoms with E-state index in [2.05, 4.69) is 10.6 Å². The number of halogens is 2. The molecule has 2 amide bonds. The third kappa shape index (κ3) is 4.53. The van der Waals surface area contributed by atoms with Crippen LogP contribution in [0.25, 0.3) is 11.1 Å². The molecular weight excluding hydrogens is 464 g/mol. The van der Waals surface area contributed by atoms with Crippen molar-refractivity contribution in [2.75, 3.05) is 10.6 Å². The fraction of sp³-hybridized carbons (Fsp3) is 0.107. The standard InChI is InChI=1S/C28H21F2N3O3/c1-16-4-7-20(14-22(16)18-6-9-25-19(12-18)13-26(34)32-25)31-27(35)21-3-2-10-33(28(21)36)15-17-5-8-23(29)24(30)11-17/h2-12,14H,13,15H2,1H3,(H,31,35)(H,32,34). The second kappa shape index (κ2) is 9.22. The van der Waals surface area contributed by atoms with Crippen LogP contribution in [0, 0.1) is 18.6 Å². The molecular formula is C28H21F2N3O3. The maximum absolute atomic E-state index is 13.6. The lowest BCUT2D eigenvalue weighted by Gasteiger charge is -2.12. The van der Waals surface area contributed by atoms with Crippen molar-refractivity contribution < 1.29 is 18.4 Å². The fourth-order valence-corrected chi connectivity index (χ4v) is 4.27. The molecule has 0 radical (unpaired) electrons. The van der Waals surface area contributed by atoms with E-state index < -0.39 is 23.1 Å². The zero-order chi connectivity index (χ0) is 25.4. The molecule has 0 aliphatic carbocycles. The van der Waals surface area contributed by atoms with Gasteiger partial charge in [0.15, 0.2) is 11.6 Å². The average Bonchev–Trinajstić information content (AvgIpc) is 3.23. The van der Waals surface area contributed by atoms with Crippen LogP contribution < -0.4 is 16.2 Å². The van der Waals surface area contributed by atoms with Crippen LogP contribution in [0.3, 0.4) is 0 Å². The number of aromatic nitrogens is 1. The van der Waals surface area contributed by atoms with Gasteiger partial charge in [0.05, 0.1) is 13.0 Å². The zero-order valence-electron chi connectivity index (χ0n) is 19.3. The van der Waals surface area contributed by atoms with Gasteiger partial charge in [-0.2, -0.15) is 0 Å². The van der Waals surface area contributed by atoms with Crippen LogP contribution in [-0.4, -0.2) is 16.4 Å². The summed E-state index contributed by atoms with van der Waals surface area (Å²) in [6.07, 6.45) is 1.81. The number of anilines is 2. The first-order chi connectivity index (χ1) is 17.3. The number of hydrogen-bond donors (Lipinski definition) is 2. The Labute approximate surface area is 205 Å². The van der Waals surface area contributed by atoms with Crippen LogP contribution in [-0.2, 0) is 17.8 Å². The number of nitrogens with zero attached hydrogens (tertiary/aromatic N) is 1. The van der Waals surface area contributed by atoms with E-state index in [4.69, 9.17) is 0 Å². The van der Waals surface area contributed by atoms with Crippen molar-refractivity contribution in [2.24, 2.45) is 0 Å². The second-order valence-electron chi connectivity index (χ2n) is 8.68. The SMILES string of the molecule is Cc1ccc(NC(=O)c2cccn(Cc3ccc(F)c(F)c3)c2=O)cc1-c1ccc2c(c1)CC(=O)N2. The molecule has 2 heterocycles. The molecule has 180 valence electrons. The van der Waals surface area contributed by atoms with Gasteiger partial charge in [0.25, 0.3) is 11.5 Å². The number of fused-ring (bicyclic) bond motifs is 1. The molecule has 0 atom stereocenters. The molecule has 0 saturated heterocycles. The monoisotopic (exact) mass is 485 g/mol. The molecule has 0 spiro atoms. The van der Waals surface area contributed by atoms with Gasteiger partial charge in [0.2, 0.25) is 5.91 Å². The van der Waals surface area contributed by atoms with Crippen LogP contribution in [0.15, 0.2) is 77.7 Å². The van der Waals surface area contributed by atoms with Gasteiger partial charge in [0.1, 0.15) is 5.56 Å². The van der Waals surface area contributed by atoms with E-state index in [0.717, 1.165) is 40.1 Å². The predicted octanol–water partition coefficient (Wildman–Crippen LogP) is 4.90. The second-order valence-corrected chi connectivity index (χ2v) is 8.68. The molecule has 4 aromatic rings. The number of rotatable bonds is 5. The highest BCUT2D eigenvalue weighted by atomic mass is 19.2. The smallest absolute Gasteiger partial charge is 0.263 e. The largest absolute Gasteiger partial charge is 0.326 e. The van der Waals surface area contributed by atoms with Gasteiger partial charge in [-0.25, -0.2) is 8.78 Å². The Morgan fingerprint density at radius 3 is 2.64 bits per heavy atom. The third-order valence-electron chi connectivity index (χ3n) is 6.14. The number of amides is 2. The summed E-state index contributed by atoms with van der Waals surface area (Å²) < 4.78 is 28.0. The molecule has 0 bridgehead atoms. The third-order valence-corrected chi connectivity index (χ3v) is 6.14. The lowest BCUT2D eigenvalue weighted by molar-refractivity contribution is -0.115. The van der Waals surface area contributed by atoms with Gasteiger partial charge in [-0.1, -0.05) is 18.2 Å². The van der Waals surface area contributed by atoms with Gasteiger partial charge in [-0.15, -0.1) is 0 Å². The first-order valence-corrected chi connectivity index (χ1v) is 11.3. The number of hydrogen-bond acceptors (Lipinski definition) is 3. The zero-order valence-corrected chi connectivity index (χ0v) is 19.3. The van der Waals surface area contributed by atoms with Crippen molar-refractivity contribution in [2.45, 2.75) is 19.9 Å². The Morgan fingerprint density at radius 2 is 1.83 bits per heavy atom. The van der Waals surface area contributed by atoms with E-state index in [1.54, 1.807) is 12.1 Å². The van der Waals surface area contributed by atoms with Gasteiger partial charge in [-0.05, 0) is 83.3 Å². The first kappa shape index (κ1) is 23.2. The molecule has 0 saturated carbocycles. The van der Waals surface area contributed by atoms with Gasteiger partial charge in [0, 0.05) is 17.6 Å². The molecule has 0 fully saturated rings. The van der Waals surface area contributed by atoms with Crippen molar-refractivity contribution in [3.05, 3.63) is 117 Å². The number of nitrogens with one attached hydrogen (secondary N) is 2. The molecule has 2 N–H and O–H groups in total. The minimum Gasteiger partial charge on any atom is -0.326 e. The highest BCUT2D eigenvalue weighted by Crippen LogP contribution is 2.32. The molecule has 5 rings (SSSR count). The van der Waals surface area contributed by atoms with Crippen LogP contribution in [0.1, 0.15) is 27.0 Å². The van der Waals surface area contributed by atoms with Gasteiger partial charge < -0.3 is 15.2 Å². The van der Waals surface area contributed by atoms with E-state index in [-0.39, 0.29) is 18.0 Å². The summed E-state index contributed by atoms with van der Waals surface area (Å²) in [7, 11) is 0. The number of benzene rings is 3. The van der Waals surface area contributed by atoms with Crippen LogP contribution in [0.5, 0.6) is 0 Å². The van der Waals surface area contributed by atoms with E-state index in [1.165, 1.54) is 22.9 Å². The molecule has 0 unspecified atom stereocenters. The highest BCUT2D eigenvalue weighted by Gasteiger charge is 2.19. The molecule has 1 aromatic heterocycles. The topological polar surface area (TPSA) is 80.2 Å². The molecule has 8 heteroatoms. The Balaban J connectivity index is 1.39. The quantitative estimate of drug-likeness (QED) is 0.422. The van der Waals surface area contributed by atoms with E-state index in [0.29, 0.717) is 17.7 Å². The molecule has 3 aromatic carbocycles. The lowest BCUT2D eigenvalue weighted by Crippen LogP contribution is -2.29. The summed E-state index contributed by atoms with van der Waals surface area (Å²) >= 11 is 0. The summed E-state index contributed by atoms with van der Waals surface area (Å²) in [5.74, 6) is -2.60. The number of pyridine rings is 1. The predicted molar refractivity (Wildman–Crippen MR) is 133 cm³/mol. The Bertz CT molecular complexity index is 1590. The Morgan fingerprint density at radius 1 is 1.00 bits per heavy atom. The van der Waals surface area contributed by atoms with Gasteiger partial charge in [-0.3, -0.25) is 14.4 Å². The highest BCUT2D eigenvalue weighted by molar-refractivity contribution is 6.04. The maximum atomic E-state index is 13.6. The number of carbonyl (C=O) groups is 2. The van der Waals surface area contributed by atoms with Crippen LogP contribution in [0.4, 0.5) is 20.2 Å². The minimum absolute atomic E-state index is 0.0124. The first-order valence-electron chi connectivity index (χ1n) is 11.3. The summed E-state index contributed by atoms with van der Waals surface area (Å²) in [5, 5.41) is 5.59. The summed E-state index contributed by atoms with van der Waals surface area (Å²) in [6.45, 7) is 1.94. The van der Waals surface area contributed by atoms with Crippen LogP contribution >= 0.6 is 0 Å². The van der Waals surface area contributed by atoms with Crippen molar-refractivity contribution in [1.29, 1.82) is 0 Å². The van der Waals surface area contributed by atoms with Crippen molar-refractivity contribution in [3.8, 4) is 11.1 Å². The summed E-state index contributed by atoms with van der Waals surface area (Å²) in [4.78, 5) is 37.6. The summed E-state index contributed by atoms with van der Waals surface area (Å²) in [5.41, 5.74) is 4.76. The molecule has 1 aliphatic heterocycles. The normalized spacial score (nSPS) is 12.2. The van der Waals surface area contributed by atoms with Crippen molar-refractivity contribution >= 4 is 23.2 Å². The van der Waals surface area contributed by atoms with E-state index in [9.17, 15) is 23.2 Å². The Kier molecular flexibility index (Phi) is 5.93. The average molecular weight is 485 g/mol. The number of carbonyl (C=O) groups excluding carboxylic acids is 2. The van der Waals surface area contributed by atoms with Crippen LogP contribution in [0.2, 0.25) is 0 Å². The molecule has 1 aliphatic rings. The lowest BCUT2D eigenvalue weighted by atomic mass is 9.97. The number of aryl methyl sites for hydroxylation is 1. The van der Waals surface area contributed by atoms with Crippen molar-refractivity contribution in [3.63, 3.8) is 0 Å². The van der Waals surface area contributed by atoms with Crippen molar-refractivity contribution in [1.82, 2.24) is 4.57 Å². The minimum atomic E-state index is -1.00. The van der Waals surface area contributed by atoms with E-state index in [1.807, 2.05) is 37.3 Å². The molecule has 36 heavy (non-hydrogen) atoms.